The fraction of sp³-hybridized carbons (Fsp3) is 0.308. The second kappa shape index (κ2) is 6.97. The van der Waals surface area contributed by atoms with Gasteiger partial charge in [0.15, 0.2) is 11.5 Å². The largest absolute Gasteiger partial charge is 0.343 e. The molecule has 6 nitrogen and oxygen atoms in total. The number of nitrogens with zero attached hydrogens (tertiary/aromatic N) is 2. The first-order chi connectivity index (χ1) is 9.74. The number of rotatable bonds is 6. The standard InChI is InChI=1S/C13H17N5OS/c1-2-4-9(11-5-3-8-20-11)15-13(19)10-6-7-12(16-14)18-17-10/h3,5-9H,2,4,14H2,1H3,(H,15,19)(H,16,18). The lowest BCUT2D eigenvalue weighted by Gasteiger charge is -2.16. The minimum atomic E-state index is -0.229. The third-order valence-electron chi connectivity index (χ3n) is 2.81. The van der Waals surface area contributed by atoms with E-state index in [0.29, 0.717) is 5.82 Å². The van der Waals surface area contributed by atoms with Crippen molar-refractivity contribution >= 4 is 23.1 Å². The maximum atomic E-state index is 12.2. The Morgan fingerprint density at radius 1 is 1.40 bits per heavy atom. The number of nitrogens with one attached hydrogen (secondary N) is 2. The molecule has 2 aromatic rings. The molecule has 0 aliphatic carbocycles. The molecule has 7 heteroatoms. The Labute approximate surface area is 121 Å². The smallest absolute Gasteiger partial charge is 0.272 e. The van der Waals surface area contributed by atoms with E-state index in [4.69, 9.17) is 5.84 Å². The fourth-order valence-electron chi connectivity index (χ4n) is 1.83. The van der Waals surface area contributed by atoms with Gasteiger partial charge in [-0.2, -0.15) is 0 Å². The average Bonchev–Trinajstić information content (AvgIpc) is 3.01. The third kappa shape index (κ3) is 3.52. The van der Waals surface area contributed by atoms with Gasteiger partial charge in [-0.1, -0.05) is 19.4 Å². The summed E-state index contributed by atoms with van der Waals surface area (Å²) >= 11 is 1.64. The van der Waals surface area contributed by atoms with Gasteiger partial charge in [0.05, 0.1) is 6.04 Å². The highest BCUT2D eigenvalue weighted by Crippen LogP contribution is 2.23. The lowest BCUT2D eigenvalue weighted by Crippen LogP contribution is -2.29. The van der Waals surface area contributed by atoms with E-state index in [1.54, 1.807) is 23.5 Å². The molecule has 2 aromatic heterocycles. The van der Waals surface area contributed by atoms with Crippen molar-refractivity contribution in [3.05, 3.63) is 40.2 Å². The van der Waals surface area contributed by atoms with Gasteiger partial charge >= 0.3 is 0 Å². The molecule has 0 saturated carbocycles. The van der Waals surface area contributed by atoms with Crippen LogP contribution in [0.5, 0.6) is 0 Å². The van der Waals surface area contributed by atoms with Crippen LogP contribution in [-0.4, -0.2) is 16.1 Å². The van der Waals surface area contributed by atoms with Crippen molar-refractivity contribution in [1.82, 2.24) is 15.5 Å². The van der Waals surface area contributed by atoms with Gasteiger partial charge in [0, 0.05) is 4.88 Å². The minimum Gasteiger partial charge on any atom is -0.343 e. The second-order valence-electron chi connectivity index (χ2n) is 4.28. The molecule has 0 aliphatic heterocycles. The van der Waals surface area contributed by atoms with E-state index in [1.165, 1.54) is 0 Å². The second-order valence-corrected chi connectivity index (χ2v) is 5.26. The zero-order chi connectivity index (χ0) is 14.4. The Kier molecular flexibility index (Phi) is 5.03. The van der Waals surface area contributed by atoms with E-state index in [1.807, 2.05) is 17.5 Å². The summed E-state index contributed by atoms with van der Waals surface area (Å²) in [6.45, 7) is 2.09. The van der Waals surface area contributed by atoms with E-state index in [9.17, 15) is 4.79 Å². The minimum absolute atomic E-state index is 0.0154. The Morgan fingerprint density at radius 2 is 2.25 bits per heavy atom. The maximum Gasteiger partial charge on any atom is 0.272 e. The molecule has 0 radical (unpaired) electrons. The topological polar surface area (TPSA) is 92.9 Å². The van der Waals surface area contributed by atoms with E-state index in [-0.39, 0.29) is 17.6 Å². The maximum absolute atomic E-state index is 12.2. The van der Waals surface area contributed by atoms with Crippen LogP contribution in [0.1, 0.15) is 41.2 Å². The predicted molar refractivity (Wildman–Crippen MR) is 79.3 cm³/mol. The van der Waals surface area contributed by atoms with Gasteiger partial charge in [-0.25, -0.2) is 5.84 Å². The number of thiophene rings is 1. The number of anilines is 1. The molecule has 0 saturated heterocycles. The summed E-state index contributed by atoms with van der Waals surface area (Å²) in [5.41, 5.74) is 2.65. The predicted octanol–water partition coefficient (Wildman–Crippen LogP) is 2.09. The highest BCUT2D eigenvalue weighted by molar-refractivity contribution is 7.10. The average molecular weight is 291 g/mol. The molecule has 2 heterocycles. The van der Waals surface area contributed by atoms with Gasteiger partial charge in [-0.3, -0.25) is 4.79 Å². The van der Waals surface area contributed by atoms with Crippen LogP contribution in [0.15, 0.2) is 29.6 Å². The van der Waals surface area contributed by atoms with Crippen LogP contribution in [0.2, 0.25) is 0 Å². The van der Waals surface area contributed by atoms with Crippen molar-refractivity contribution in [2.45, 2.75) is 25.8 Å². The molecule has 2 rings (SSSR count). The van der Waals surface area contributed by atoms with E-state index >= 15 is 0 Å². The summed E-state index contributed by atoms with van der Waals surface area (Å²) in [6.07, 6.45) is 1.88. The number of nitrogen functional groups attached to an aromatic ring is 1. The molecular formula is C13H17N5OS. The number of hydrogen-bond acceptors (Lipinski definition) is 6. The molecule has 1 amide bonds. The lowest BCUT2D eigenvalue weighted by atomic mass is 10.1. The van der Waals surface area contributed by atoms with E-state index < -0.39 is 0 Å². The Morgan fingerprint density at radius 3 is 2.80 bits per heavy atom. The molecule has 106 valence electrons. The van der Waals surface area contributed by atoms with Gasteiger partial charge in [0.1, 0.15) is 0 Å². The zero-order valence-electron chi connectivity index (χ0n) is 11.2. The van der Waals surface area contributed by atoms with Crippen LogP contribution in [0, 0.1) is 0 Å². The van der Waals surface area contributed by atoms with Gasteiger partial charge < -0.3 is 10.7 Å². The molecule has 0 aliphatic rings. The van der Waals surface area contributed by atoms with Crippen LogP contribution in [-0.2, 0) is 0 Å². The first-order valence-corrected chi connectivity index (χ1v) is 7.27. The Balaban J connectivity index is 2.07. The SMILES string of the molecule is CCCC(NC(=O)c1ccc(NN)nn1)c1cccs1. The summed E-state index contributed by atoms with van der Waals surface area (Å²) in [7, 11) is 0. The van der Waals surface area contributed by atoms with Crippen molar-refractivity contribution in [3.8, 4) is 0 Å². The Bertz CT molecular complexity index is 540. The summed E-state index contributed by atoms with van der Waals surface area (Å²) in [6, 6.07) is 7.23. The molecule has 0 bridgehead atoms. The van der Waals surface area contributed by atoms with Gasteiger partial charge in [0.2, 0.25) is 0 Å². The van der Waals surface area contributed by atoms with Crippen molar-refractivity contribution in [3.63, 3.8) is 0 Å². The van der Waals surface area contributed by atoms with Crippen molar-refractivity contribution < 1.29 is 4.79 Å². The Hall–Kier alpha value is -1.99. The first-order valence-electron chi connectivity index (χ1n) is 6.39. The van der Waals surface area contributed by atoms with Crippen LogP contribution in [0.25, 0.3) is 0 Å². The van der Waals surface area contributed by atoms with Crippen LogP contribution >= 0.6 is 11.3 Å². The van der Waals surface area contributed by atoms with Gasteiger partial charge in [-0.15, -0.1) is 21.5 Å². The van der Waals surface area contributed by atoms with Crippen molar-refractivity contribution in [1.29, 1.82) is 0 Å². The number of carbonyl (C=O) groups excluding carboxylic acids is 1. The molecule has 20 heavy (non-hydrogen) atoms. The highest BCUT2D eigenvalue weighted by Gasteiger charge is 2.17. The summed E-state index contributed by atoms with van der Waals surface area (Å²) in [5.74, 6) is 5.40. The molecule has 0 fully saturated rings. The summed E-state index contributed by atoms with van der Waals surface area (Å²) in [4.78, 5) is 13.3. The van der Waals surface area contributed by atoms with Gasteiger partial charge in [0.25, 0.3) is 5.91 Å². The quantitative estimate of drug-likeness (QED) is 0.560. The van der Waals surface area contributed by atoms with Crippen LogP contribution in [0.4, 0.5) is 5.82 Å². The summed E-state index contributed by atoms with van der Waals surface area (Å²) < 4.78 is 0. The first kappa shape index (κ1) is 14.4. The molecule has 0 spiro atoms. The normalized spacial score (nSPS) is 11.9. The number of carbonyl (C=O) groups is 1. The van der Waals surface area contributed by atoms with Crippen molar-refractivity contribution in [2.75, 3.05) is 5.43 Å². The molecule has 0 aromatic carbocycles. The van der Waals surface area contributed by atoms with E-state index in [2.05, 4.69) is 27.9 Å². The molecule has 1 atom stereocenters. The fourth-order valence-corrected chi connectivity index (χ4v) is 2.64. The molecule has 4 N–H and O–H groups in total. The highest BCUT2D eigenvalue weighted by atomic mass is 32.1. The number of aromatic nitrogens is 2. The lowest BCUT2D eigenvalue weighted by molar-refractivity contribution is 0.0929. The van der Waals surface area contributed by atoms with Gasteiger partial charge in [-0.05, 0) is 30.0 Å². The number of hydrazine groups is 1. The number of hydrogen-bond donors (Lipinski definition) is 3. The third-order valence-corrected chi connectivity index (χ3v) is 3.80. The monoisotopic (exact) mass is 291 g/mol. The number of amides is 1. The number of nitrogens with two attached hydrogens (primary N) is 1. The molecule has 1 unspecified atom stereocenters. The summed E-state index contributed by atoms with van der Waals surface area (Å²) in [5, 5.41) is 12.6. The van der Waals surface area contributed by atoms with Crippen molar-refractivity contribution in [2.24, 2.45) is 5.84 Å². The van der Waals surface area contributed by atoms with Crippen LogP contribution < -0.4 is 16.6 Å². The molecular weight excluding hydrogens is 274 g/mol. The van der Waals surface area contributed by atoms with E-state index in [0.717, 1.165) is 17.7 Å². The van der Waals surface area contributed by atoms with Crippen LogP contribution in [0.3, 0.4) is 0 Å². The zero-order valence-corrected chi connectivity index (χ0v) is 12.0.